The van der Waals surface area contributed by atoms with E-state index in [1.54, 1.807) is 43.5 Å². The number of benzene rings is 2. The molecule has 2 heterocycles. The summed E-state index contributed by atoms with van der Waals surface area (Å²) in [5, 5.41) is 3.99. The first-order valence-electron chi connectivity index (χ1n) is 8.73. The molecule has 0 aliphatic carbocycles. The van der Waals surface area contributed by atoms with Gasteiger partial charge in [-0.3, -0.25) is 0 Å². The van der Waals surface area contributed by atoms with E-state index in [2.05, 4.69) is 10.1 Å². The maximum Gasteiger partial charge on any atom is 0.257 e. The quantitative estimate of drug-likeness (QED) is 0.648. The van der Waals surface area contributed by atoms with E-state index in [0.717, 1.165) is 5.56 Å². The predicted molar refractivity (Wildman–Crippen MR) is 100 cm³/mol. The Kier molecular flexibility index (Phi) is 5.12. The summed E-state index contributed by atoms with van der Waals surface area (Å²) in [7, 11) is -2.03. The Labute approximate surface area is 162 Å². The Bertz CT molecular complexity index is 1050. The summed E-state index contributed by atoms with van der Waals surface area (Å²) < 4.78 is 43.3. The Morgan fingerprint density at radius 2 is 1.96 bits per heavy atom. The Balaban J connectivity index is 1.55. The zero-order chi connectivity index (χ0) is 19.6. The molecule has 1 aliphatic rings. The summed E-state index contributed by atoms with van der Waals surface area (Å²) in [6, 6.07) is 15.6. The van der Waals surface area contributed by atoms with Crippen LogP contribution in [0, 0.1) is 0 Å². The predicted octanol–water partition coefficient (Wildman–Crippen LogP) is 2.51. The first-order valence-corrected chi connectivity index (χ1v) is 10.2. The van der Waals surface area contributed by atoms with Gasteiger partial charge in [0.1, 0.15) is 5.75 Å². The summed E-state index contributed by atoms with van der Waals surface area (Å²) in [6.07, 6.45) is -0.626. The highest BCUT2D eigenvalue weighted by Crippen LogP contribution is 2.28. The largest absolute Gasteiger partial charge is 0.497 e. The van der Waals surface area contributed by atoms with Gasteiger partial charge < -0.3 is 14.0 Å². The van der Waals surface area contributed by atoms with Gasteiger partial charge in [0.15, 0.2) is 6.10 Å². The molecule has 3 aromatic rings. The topological polar surface area (TPSA) is 94.8 Å². The molecule has 1 aliphatic heterocycles. The molecular formula is C19H19N3O5S. The van der Waals surface area contributed by atoms with Crippen LogP contribution in [0.5, 0.6) is 5.75 Å². The molecule has 1 atom stereocenters. The first-order chi connectivity index (χ1) is 13.6. The van der Waals surface area contributed by atoms with Crippen LogP contribution in [-0.4, -0.2) is 49.7 Å². The van der Waals surface area contributed by atoms with Gasteiger partial charge in [-0.25, -0.2) is 8.42 Å². The van der Waals surface area contributed by atoms with Crippen LogP contribution in [0.1, 0.15) is 12.0 Å². The first kappa shape index (κ1) is 18.6. The fourth-order valence-corrected chi connectivity index (χ4v) is 4.43. The van der Waals surface area contributed by atoms with Crippen LogP contribution < -0.4 is 4.74 Å². The number of ether oxygens (including phenoxy) is 2. The van der Waals surface area contributed by atoms with Gasteiger partial charge in [0, 0.05) is 18.7 Å². The van der Waals surface area contributed by atoms with Crippen LogP contribution in [0.3, 0.4) is 0 Å². The van der Waals surface area contributed by atoms with Gasteiger partial charge in [-0.15, -0.1) is 0 Å². The molecule has 8 nitrogen and oxygen atoms in total. The zero-order valence-electron chi connectivity index (χ0n) is 15.2. The second-order valence-corrected chi connectivity index (χ2v) is 8.16. The van der Waals surface area contributed by atoms with Crippen LogP contribution in [0.25, 0.3) is 11.4 Å². The van der Waals surface area contributed by atoms with Crippen LogP contribution in [0.2, 0.25) is 0 Å². The van der Waals surface area contributed by atoms with E-state index in [0.29, 0.717) is 11.6 Å². The van der Waals surface area contributed by atoms with Crippen LogP contribution in [0.15, 0.2) is 64.0 Å². The van der Waals surface area contributed by atoms with E-state index >= 15 is 0 Å². The molecule has 1 saturated heterocycles. The maximum atomic E-state index is 12.9. The number of nitrogens with zero attached hydrogens (tertiary/aromatic N) is 3. The van der Waals surface area contributed by atoms with Crippen molar-refractivity contribution in [3.63, 3.8) is 0 Å². The number of methoxy groups -OCH3 is 1. The van der Waals surface area contributed by atoms with E-state index in [4.69, 9.17) is 14.0 Å². The lowest BCUT2D eigenvalue weighted by molar-refractivity contribution is -0.0199. The van der Waals surface area contributed by atoms with Gasteiger partial charge in [-0.05, 0) is 24.3 Å². The number of sulfonamides is 1. The van der Waals surface area contributed by atoms with E-state index in [9.17, 15) is 8.42 Å². The number of morpholine rings is 1. The van der Waals surface area contributed by atoms with Gasteiger partial charge in [0.2, 0.25) is 15.8 Å². The van der Waals surface area contributed by atoms with Crippen molar-refractivity contribution in [1.29, 1.82) is 0 Å². The lowest BCUT2D eigenvalue weighted by Gasteiger charge is -2.30. The average Bonchev–Trinajstić information content (AvgIpc) is 3.25. The SMILES string of the molecule is COc1cccc(-c2noc([C@@H]3CN(S(=O)(=O)c4ccccc4)CCO3)n2)c1. The van der Waals surface area contributed by atoms with Gasteiger partial charge in [0.05, 0.1) is 18.6 Å². The molecule has 0 radical (unpaired) electrons. The molecule has 0 amide bonds. The molecule has 4 rings (SSSR count). The molecular weight excluding hydrogens is 382 g/mol. The van der Waals surface area contributed by atoms with Crippen LogP contribution in [0.4, 0.5) is 0 Å². The van der Waals surface area contributed by atoms with Gasteiger partial charge in [0.25, 0.3) is 5.89 Å². The number of hydrogen-bond donors (Lipinski definition) is 0. The van der Waals surface area contributed by atoms with E-state index in [-0.39, 0.29) is 30.5 Å². The summed E-state index contributed by atoms with van der Waals surface area (Å²) in [5.41, 5.74) is 0.735. The maximum absolute atomic E-state index is 12.9. The second kappa shape index (κ2) is 7.70. The molecule has 1 aromatic heterocycles. The van der Waals surface area contributed by atoms with Crippen molar-refractivity contribution in [2.75, 3.05) is 26.8 Å². The molecule has 0 unspecified atom stereocenters. The van der Waals surface area contributed by atoms with Crippen LogP contribution in [-0.2, 0) is 14.8 Å². The third-order valence-corrected chi connectivity index (χ3v) is 6.33. The molecule has 0 spiro atoms. The molecule has 0 saturated carbocycles. The molecule has 0 N–H and O–H groups in total. The second-order valence-electron chi connectivity index (χ2n) is 6.22. The third-order valence-electron chi connectivity index (χ3n) is 4.46. The molecule has 1 fully saturated rings. The monoisotopic (exact) mass is 401 g/mol. The fraction of sp³-hybridized carbons (Fsp3) is 0.263. The van der Waals surface area contributed by atoms with Gasteiger partial charge >= 0.3 is 0 Å². The van der Waals surface area contributed by atoms with Crippen molar-refractivity contribution in [3.05, 3.63) is 60.5 Å². The van der Waals surface area contributed by atoms with E-state index < -0.39 is 16.1 Å². The minimum atomic E-state index is -3.61. The summed E-state index contributed by atoms with van der Waals surface area (Å²) in [5.74, 6) is 1.31. The fourth-order valence-electron chi connectivity index (χ4n) is 2.98. The smallest absolute Gasteiger partial charge is 0.257 e. The minimum Gasteiger partial charge on any atom is -0.497 e. The minimum absolute atomic E-state index is 0.108. The van der Waals surface area contributed by atoms with E-state index in [1.807, 2.05) is 18.2 Å². The summed E-state index contributed by atoms with van der Waals surface area (Å²) in [4.78, 5) is 4.64. The number of aromatic nitrogens is 2. The van der Waals surface area contributed by atoms with Crippen molar-refractivity contribution in [2.45, 2.75) is 11.0 Å². The molecule has 2 aromatic carbocycles. The highest BCUT2D eigenvalue weighted by molar-refractivity contribution is 7.89. The van der Waals surface area contributed by atoms with E-state index in [1.165, 1.54) is 4.31 Å². The molecule has 146 valence electrons. The molecule has 28 heavy (non-hydrogen) atoms. The molecule has 9 heteroatoms. The standard InChI is InChI=1S/C19H19N3O5S/c1-25-15-7-5-6-14(12-15)18-20-19(27-21-18)17-13-22(10-11-26-17)28(23,24)16-8-3-2-4-9-16/h2-9,12,17H,10-11,13H2,1H3/t17-/m0/s1. The summed E-state index contributed by atoms with van der Waals surface area (Å²) in [6.45, 7) is 0.620. The van der Waals surface area contributed by atoms with Crippen molar-refractivity contribution in [1.82, 2.24) is 14.4 Å². The normalized spacial score (nSPS) is 18.1. The Hall–Kier alpha value is -2.75. The lowest BCUT2D eigenvalue weighted by Crippen LogP contribution is -2.42. The highest BCUT2D eigenvalue weighted by Gasteiger charge is 2.34. The van der Waals surface area contributed by atoms with Crippen molar-refractivity contribution >= 4 is 10.0 Å². The highest BCUT2D eigenvalue weighted by atomic mass is 32.2. The van der Waals surface area contributed by atoms with Gasteiger partial charge in [-0.2, -0.15) is 9.29 Å². The van der Waals surface area contributed by atoms with Crippen molar-refractivity contribution < 1.29 is 22.4 Å². The van der Waals surface area contributed by atoms with Gasteiger partial charge in [-0.1, -0.05) is 35.5 Å². The zero-order valence-corrected chi connectivity index (χ0v) is 16.0. The van der Waals surface area contributed by atoms with Crippen molar-refractivity contribution in [3.8, 4) is 17.1 Å². The van der Waals surface area contributed by atoms with Crippen molar-refractivity contribution in [2.24, 2.45) is 0 Å². The average molecular weight is 401 g/mol. The number of rotatable bonds is 5. The number of hydrogen-bond acceptors (Lipinski definition) is 7. The molecule has 0 bridgehead atoms. The lowest BCUT2D eigenvalue weighted by atomic mass is 10.2. The Morgan fingerprint density at radius 3 is 2.75 bits per heavy atom. The third kappa shape index (κ3) is 3.64. The Morgan fingerprint density at radius 1 is 1.14 bits per heavy atom. The van der Waals surface area contributed by atoms with Crippen LogP contribution >= 0.6 is 0 Å². The summed E-state index contributed by atoms with van der Waals surface area (Å²) >= 11 is 0.